The Kier molecular flexibility index (Phi) is 13.9. The van der Waals surface area contributed by atoms with Crippen molar-refractivity contribution >= 4 is 55.0 Å². The van der Waals surface area contributed by atoms with Crippen molar-refractivity contribution in [2.24, 2.45) is 5.92 Å². The molecule has 0 fully saturated rings. The van der Waals surface area contributed by atoms with E-state index in [1.807, 2.05) is 6.92 Å². The van der Waals surface area contributed by atoms with E-state index in [-0.39, 0.29) is 18.0 Å². The molecule has 0 amide bonds. The second-order valence-electron chi connectivity index (χ2n) is 9.76. The van der Waals surface area contributed by atoms with E-state index in [0.717, 1.165) is 29.3 Å². The Bertz CT molecular complexity index is 536. The zero-order chi connectivity index (χ0) is 22.0. The van der Waals surface area contributed by atoms with Gasteiger partial charge < -0.3 is 0 Å². The normalized spacial score (nSPS) is 15.9. The van der Waals surface area contributed by atoms with Crippen molar-refractivity contribution in [3.8, 4) is 0 Å². The molecule has 28 heavy (non-hydrogen) atoms. The summed E-state index contributed by atoms with van der Waals surface area (Å²) in [5, 5.41) is 0. The molecule has 0 rings (SSSR count). The monoisotopic (exact) mass is 632 g/mol. The van der Waals surface area contributed by atoms with Crippen molar-refractivity contribution < 1.29 is 19.0 Å². The Labute approximate surface area is 191 Å². The number of rotatable bonds is 13. The Hall–Kier alpha value is 0.456. The topological polar surface area (TPSA) is 44.8 Å². The van der Waals surface area contributed by atoms with Gasteiger partial charge in [-0.3, -0.25) is 0 Å². The van der Waals surface area contributed by atoms with Crippen LogP contribution in [-0.2, 0) is 19.0 Å². The first kappa shape index (κ1) is 28.5. The van der Waals surface area contributed by atoms with E-state index in [1.54, 1.807) is 6.08 Å². The number of hydrogen-bond acceptors (Lipinski definition) is 4. The molecule has 0 heterocycles. The molecule has 0 aliphatic heterocycles. The summed E-state index contributed by atoms with van der Waals surface area (Å²) in [7, 11) is -1.06. The average Bonchev–Trinajstić information content (AvgIpc) is 2.51. The van der Waals surface area contributed by atoms with Crippen LogP contribution in [0.4, 0.5) is 0 Å². The molecule has 4 nitrogen and oxygen atoms in total. The summed E-state index contributed by atoms with van der Waals surface area (Å²) in [5.74, 6) is 0.920. The zero-order valence-electron chi connectivity index (χ0n) is 19.4. The minimum absolute atomic E-state index is 0.0839. The number of hydrogen-bond donors (Lipinski definition) is 0. The predicted octanol–water partition coefficient (Wildman–Crippen LogP) is 6.42. The standard InChI is InChI=1S/C18H32IO4Si.3CH3.Sn/c1-7-8-18(20)23-17(13-19)12-15(2)11-16(3)22-14-21-9-10-24(4,5)6;;;;/h8,11,15,17H,9-10,12-14H2,1-6H3;3*1H3;/b8-7?,16-11+;;;;/t15-,17?;;;;/m0..../s1. The van der Waals surface area contributed by atoms with Crippen molar-refractivity contribution in [3.63, 3.8) is 0 Å². The van der Waals surface area contributed by atoms with Crippen LogP contribution in [0.5, 0.6) is 0 Å². The summed E-state index contributed by atoms with van der Waals surface area (Å²) >= 11 is 0.113. The van der Waals surface area contributed by atoms with E-state index in [4.69, 9.17) is 14.2 Å². The first-order valence-electron chi connectivity index (χ1n) is 10.1. The van der Waals surface area contributed by atoms with E-state index in [1.165, 1.54) is 3.59 Å². The van der Waals surface area contributed by atoms with Crippen molar-refractivity contribution in [1.29, 1.82) is 0 Å². The molecule has 0 radical (unpaired) electrons. The Morgan fingerprint density at radius 2 is 1.79 bits per heavy atom. The van der Waals surface area contributed by atoms with Crippen LogP contribution in [0.1, 0.15) is 27.2 Å². The van der Waals surface area contributed by atoms with Crippen molar-refractivity contribution in [2.75, 3.05) is 17.8 Å². The second kappa shape index (κ2) is 13.7. The molecule has 0 aromatic carbocycles. The molecular formula is C21H41IO4SiSn. The summed E-state index contributed by atoms with van der Waals surface area (Å²) in [6, 6.07) is 1.14. The number of allylic oxidation sites excluding steroid dienone is 3. The number of esters is 1. The van der Waals surface area contributed by atoms with Crippen molar-refractivity contribution in [3.05, 3.63) is 21.5 Å². The Morgan fingerprint density at radius 3 is 2.29 bits per heavy atom. The molecule has 0 aromatic rings. The van der Waals surface area contributed by atoms with Gasteiger partial charge in [0.1, 0.15) is 0 Å². The molecular weight excluding hydrogens is 590 g/mol. The van der Waals surface area contributed by atoms with E-state index in [2.05, 4.69) is 77.0 Å². The fourth-order valence-electron chi connectivity index (χ4n) is 2.24. The summed E-state index contributed by atoms with van der Waals surface area (Å²) in [5.41, 5.74) is 0. The van der Waals surface area contributed by atoms with Gasteiger partial charge >= 0.3 is 153 Å². The van der Waals surface area contributed by atoms with Gasteiger partial charge in [0.25, 0.3) is 0 Å². The molecule has 0 aliphatic rings. The first-order chi connectivity index (χ1) is 12.7. The van der Waals surface area contributed by atoms with Gasteiger partial charge in [0, 0.05) is 14.7 Å². The molecule has 0 saturated carbocycles. The van der Waals surface area contributed by atoms with E-state index in [9.17, 15) is 4.79 Å². The molecule has 0 N–H and O–H groups in total. The molecule has 164 valence electrons. The van der Waals surface area contributed by atoms with Gasteiger partial charge in [-0.05, 0) is 6.04 Å². The number of alkyl halides is 1. The average molecular weight is 631 g/mol. The van der Waals surface area contributed by atoms with Crippen molar-refractivity contribution in [2.45, 2.75) is 73.8 Å². The number of halogens is 1. The molecule has 0 spiro atoms. The van der Waals surface area contributed by atoms with Crippen LogP contribution in [0.25, 0.3) is 0 Å². The molecule has 1 unspecified atom stereocenters. The van der Waals surface area contributed by atoms with E-state index < -0.39 is 26.5 Å². The van der Waals surface area contributed by atoms with Crippen LogP contribution in [0.2, 0.25) is 40.5 Å². The SMILES string of the molecule is C/C(=C\[C@H](C)CC(CI)OC(=O)/C=[C](\C)[Sn]([CH3])([CH3])[CH3])OCOCC[Si](C)(C)C. The summed E-state index contributed by atoms with van der Waals surface area (Å²) < 4.78 is 18.9. The van der Waals surface area contributed by atoms with Crippen LogP contribution in [0.15, 0.2) is 21.5 Å². The Morgan fingerprint density at radius 1 is 1.18 bits per heavy atom. The number of carbonyl (C=O) groups excluding carboxylic acids is 1. The minimum atomic E-state index is -2.17. The van der Waals surface area contributed by atoms with Crippen LogP contribution >= 0.6 is 22.6 Å². The van der Waals surface area contributed by atoms with E-state index >= 15 is 0 Å². The zero-order valence-corrected chi connectivity index (χ0v) is 25.4. The number of ether oxygens (including phenoxy) is 3. The molecule has 0 aromatic heterocycles. The molecule has 2 atom stereocenters. The Balaban J connectivity index is 4.42. The molecule has 7 heteroatoms. The van der Waals surface area contributed by atoms with Crippen LogP contribution in [0, 0.1) is 5.92 Å². The van der Waals surface area contributed by atoms with Gasteiger partial charge in [-0.2, -0.15) is 0 Å². The third kappa shape index (κ3) is 15.3. The van der Waals surface area contributed by atoms with Gasteiger partial charge in [0.15, 0.2) is 0 Å². The minimum Gasteiger partial charge on any atom is -0.0695 e. The smallest absolute Gasteiger partial charge is 0.0695 e. The third-order valence-electron chi connectivity index (χ3n) is 4.49. The number of carbonyl (C=O) groups is 1. The fourth-order valence-corrected chi connectivity index (χ4v) is 5.11. The maximum absolute atomic E-state index is 12.2. The van der Waals surface area contributed by atoms with Gasteiger partial charge in [0.2, 0.25) is 0 Å². The molecule has 0 aliphatic carbocycles. The van der Waals surface area contributed by atoms with Crippen LogP contribution in [-0.4, -0.2) is 56.4 Å². The van der Waals surface area contributed by atoms with Crippen LogP contribution in [0.3, 0.4) is 0 Å². The van der Waals surface area contributed by atoms with Crippen LogP contribution < -0.4 is 0 Å². The molecule has 0 bridgehead atoms. The maximum atomic E-state index is 12.2. The fraction of sp³-hybridized carbons (Fsp3) is 0.762. The van der Waals surface area contributed by atoms with E-state index in [0.29, 0.717) is 6.79 Å². The van der Waals surface area contributed by atoms with Gasteiger partial charge in [-0.1, -0.05) is 19.6 Å². The quantitative estimate of drug-likeness (QED) is 0.0345. The second-order valence-corrected chi connectivity index (χ2v) is 31.4. The van der Waals surface area contributed by atoms with Gasteiger partial charge in [-0.15, -0.1) is 0 Å². The third-order valence-corrected chi connectivity index (χ3v) is 14.3. The molecule has 0 saturated heterocycles. The summed E-state index contributed by atoms with van der Waals surface area (Å²) in [6.45, 7) is 14.2. The van der Waals surface area contributed by atoms with Gasteiger partial charge in [0.05, 0.1) is 0 Å². The summed E-state index contributed by atoms with van der Waals surface area (Å²) in [4.78, 5) is 19.1. The summed E-state index contributed by atoms with van der Waals surface area (Å²) in [6.07, 6.45) is 4.50. The van der Waals surface area contributed by atoms with Crippen molar-refractivity contribution in [1.82, 2.24) is 0 Å². The first-order valence-corrected chi connectivity index (χ1v) is 25.3. The predicted molar refractivity (Wildman–Crippen MR) is 133 cm³/mol. The van der Waals surface area contributed by atoms with Gasteiger partial charge in [-0.25, -0.2) is 0 Å².